The molecule has 0 aromatic heterocycles. The molecule has 0 radical (unpaired) electrons. The smallest absolute Gasteiger partial charge is 0.271 e. The first-order valence-electron chi connectivity index (χ1n) is 9.76. The van der Waals surface area contributed by atoms with Gasteiger partial charge in [0.1, 0.15) is 5.75 Å². The quantitative estimate of drug-likeness (QED) is 0.375. The fraction of sp³-hybridized carbons (Fsp3) is 0.0833. The summed E-state index contributed by atoms with van der Waals surface area (Å²) < 4.78 is 0. The van der Waals surface area contributed by atoms with Crippen molar-refractivity contribution in [2.75, 3.05) is 11.9 Å². The average Bonchev–Trinajstić information content (AvgIpc) is 2.82. The lowest BCUT2D eigenvalue weighted by Gasteiger charge is -2.06. The Balaban J connectivity index is 1.47. The number of hydrazone groups is 1. The Kier molecular flexibility index (Phi) is 7.69. The van der Waals surface area contributed by atoms with Crippen LogP contribution >= 0.6 is 0 Å². The molecule has 0 aliphatic heterocycles. The third-order valence-corrected chi connectivity index (χ3v) is 4.35. The second-order valence-electron chi connectivity index (χ2n) is 6.70. The van der Waals surface area contributed by atoms with Crippen LogP contribution in [0.4, 0.5) is 5.69 Å². The van der Waals surface area contributed by atoms with Gasteiger partial charge >= 0.3 is 0 Å². The summed E-state index contributed by atoms with van der Waals surface area (Å²) in [6.45, 7) is 1.49. The molecule has 0 heterocycles. The van der Waals surface area contributed by atoms with E-state index < -0.39 is 0 Å². The van der Waals surface area contributed by atoms with Crippen molar-refractivity contribution in [1.29, 1.82) is 0 Å². The summed E-state index contributed by atoms with van der Waals surface area (Å²) in [6, 6.07) is 22.4. The van der Waals surface area contributed by atoms with Crippen LogP contribution in [0.1, 0.15) is 28.4 Å². The van der Waals surface area contributed by atoms with Gasteiger partial charge in [-0.05, 0) is 48.9 Å². The second kappa shape index (κ2) is 11.1. The highest BCUT2D eigenvalue weighted by Gasteiger charge is 2.06. The number of nitrogens with zero attached hydrogens (tertiary/aromatic N) is 2. The number of aromatic hydroxyl groups is 1. The normalized spacial score (nSPS) is 11.2. The zero-order valence-electron chi connectivity index (χ0n) is 17.4. The van der Waals surface area contributed by atoms with Crippen molar-refractivity contribution in [2.24, 2.45) is 10.3 Å². The Morgan fingerprint density at radius 1 is 0.938 bits per heavy atom. The molecule has 3 rings (SSSR count). The van der Waals surface area contributed by atoms with E-state index in [-0.39, 0.29) is 24.2 Å². The van der Waals surface area contributed by atoms with Gasteiger partial charge in [-0.25, -0.2) is 5.43 Å². The number of para-hydroxylation sites is 1. The lowest BCUT2D eigenvalue weighted by Crippen LogP contribution is -2.19. The van der Waals surface area contributed by atoms with Gasteiger partial charge in [-0.1, -0.05) is 47.6 Å². The molecule has 0 saturated carbocycles. The maximum absolute atomic E-state index is 12.1. The van der Waals surface area contributed by atoms with Crippen LogP contribution in [0.2, 0.25) is 0 Å². The number of benzene rings is 3. The van der Waals surface area contributed by atoms with E-state index in [1.807, 2.05) is 6.07 Å². The molecule has 0 saturated heterocycles. The number of hydrogen-bond acceptors (Lipinski definition) is 6. The van der Waals surface area contributed by atoms with Crippen LogP contribution < -0.4 is 10.7 Å². The van der Waals surface area contributed by atoms with Gasteiger partial charge in [0.15, 0.2) is 6.61 Å². The SMILES string of the molecule is C/C(=N\NC(=O)c1ccccc1)c1ccc(NC(=O)CO/N=C/c2ccccc2O)cc1. The Morgan fingerprint density at radius 3 is 2.34 bits per heavy atom. The lowest BCUT2D eigenvalue weighted by atomic mass is 10.1. The van der Waals surface area contributed by atoms with E-state index in [1.54, 1.807) is 73.7 Å². The Labute approximate surface area is 185 Å². The van der Waals surface area contributed by atoms with E-state index in [1.165, 1.54) is 12.3 Å². The highest BCUT2D eigenvalue weighted by molar-refractivity contribution is 6.01. The Morgan fingerprint density at radius 2 is 1.62 bits per heavy atom. The molecule has 0 fully saturated rings. The molecule has 2 amide bonds. The molecule has 0 aliphatic carbocycles. The van der Waals surface area contributed by atoms with E-state index in [9.17, 15) is 14.7 Å². The highest BCUT2D eigenvalue weighted by Crippen LogP contribution is 2.13. The molecule has 0 aliphatic rings. The lowest BCUT2D eigenvalue weighted by molar-refractivity contribution is -0.120. The number of oxime groups is 1. The number of amides is 2. The molecule has 0 unspecified atom stereocenters. The summed E-state index contributed by atoms with van der Waals surface area (Å²) in [5.74, 6) is -0.602. The number of phenols is 1. The summed E-state index contributed by atoms with van der Waals surface area (Å²) in [6.07, 6.45) is 1.33. The van der Waals surface area contributed by atoms with E-state index in [4.69, 9.17) is 4.84 Å². The predicted molar refractivity (Wildman–Crippen MR) is 123 cm³/mol. The molecule has 0 atom stereocenters. The zero-order valence-corrected chi connectivity index (χ0v) is 17.4. The monoisotopic (exact) mass is 430 g/mol. The summed E-state index contributed by atoms with van der Waals surface area (Å²) >= 11 is 0. The molecular weight excluding hydrogens is 408 g/mol. The van der Waals surface area contributed by atoms with Gasteiger partial charge in [0.05, 0.1) is 11.9 Å². The molecular formula is C24H22N4O4. The first-order chi connectivity index (χ1) is 15.5. The third kappa shape index (κ3) is 6.53. The number of nitrogens with one attached hydrogen (secondary N) is 2. The molecule has 3 N–H and O–H groups in total. The average molecular weight is 430 g/mol. The standard InChI is InChI=1S/C24H22N4O4/c1-17(27-28-24(31)19-7-3-2-4-8-19)18-11-13-21(14-12-18)26-23(30)16-32-25-15-20-9-5-6-10-22(20)29/h2-15,29H,16H2,1H3,(H,26,30)(H,28,31)/b25-15+,27-17+. The second-order valence-corrected chi connectivity index (χ2v) is 6.70. The van der Waals surface area contributed by atoms with E-state index in [0.29, 0.717) is 22.5 Å². The van der Waals surface area contributed by atoms with Gasteiger partial charge in [0, 0.05) is 16.8 Å². The molecule has 3 aromatic carbocycles. The zero-order chi connectivity index (χ0) is 22.8. The molecule has 0 bridgehead atoms. The Hall–Kier alpha value is -4.46. The topological polar surface area (TPSA) is 112 Å². The largest absolute Gasteiger partial charge is 0.507 e. The Bertz CT molecular complexity index is 1130. The van der Waals surface area contributed by atoms with Gasteiger partial charge < -0.3 is 15.3 Å². The summed E-state index contributed by atoms with van der Waals surface area (Å²) in [5, 5.41) is 20.1. The van der Waals surface area contributed by atoms with Gasteiger partial charge in [-0.2, -0.15) is 5.10 Å². The molecule has 0 spiro atoms. The van der Waals surface area contributed by atoms with E-state index in [0.717, 1.165) is 5.56 Å². The summed E-state index contributed by atoms with van der Waals surface area (Å²) in [5.41, 5.74) is 5.52. The number of carbonyl (C=O) groups is 2. The fourth-order valence-corrected chi connectivity index (χ4v) is 2.63. The van der Waals surface area contributed by atoms with Crippen molar-refractivity contribution in [3.05, 3.63) is 95.6 Å². The van der Waals surface area contributed by atoms with Crippen LogP contribution in [0.15, 0.2) is 89.1 Å². The van der Waals surface area contributed by atoms with Crippen LogP contribution in [0, 0.1) is 0 Å². The van der Waals surface area contributed by atoms with Crippen molar-refractivity contribution in [3.63, 3.8) is 0 Å². The van der Waals surface area contributed by atoms with Gasteiger partial charge in [0.25, 0.3) is 11.8 Å². The summed E-state index contributed by atoms with van der Waals surface area (Å²) in [4.78, 5) is 29.0. The van der Waals surface area contributed by atoms with Crippen LogP contribution in [0.3, 0.4) is 0 Å². The van der Waals surface area contributed by atoms with Crippen LogP contribution in [-0.4, -0.2) is 35.5 Å². The number of rotatable bonds is 8. The first kappa shape index (κ1) is 22.2. The summed E-state index contributed by atoms with van der Waals surface area (Å²) in [7, 11) is 0. The van der Waals surface area contributed by atoms with Crippen molar-refractivity contribution < 1.29 is 19.5 Å². The van der Waals surface area contributed by atoms with Crippen molar-refractivity contribution in [2.45, 2.75) is 6.92 Å². The van der Waals surface area contributed by atoms with Gasteiger partial charge in [0.2, 0.25) is 0 Å². The highest BCUT2D eigenvalue weighted by atomic mass is 16.6. The van der Waals surface area contributed by atoms with Crippen molar-refractivity contribution >= 4 is 29.4 Å². The molecule has 32 heavy (non-hydrogen) atoms. The minimum atomic E-state index is -0.382. The third-order valence-electron chi connectivity index (χ3n) is 4.35. The maximum Gasteiger partial charge on any atom is 0.271 e. The van der Waals surface area contributed by atoms with E-state index in [2.05, 4.69) is 21.0 Å². The number of phenolic OH excluding ortho intramolecular Hbond substituents is 1. The van der Waals surface area contributed by atoms with Crippen LogP contribution in [0.25, 0.3) is 0 Å². The minimum Gasteiger partial charge on any atom is -0.507 e. The van der Waals surface area contributed by atoms with Gasteiger partial charge in [-0.3, -0.25) is 9.59 Å². The first-order valence-corrected chi connectivity index (χ1v) is 9.76. The van der Waals surface area contributed by atoms with Gasteiger partial charge in [-0.15, -0.1) is 0 Å². The molecule has 3 aromatic rings. The predicted octanol–water partition coefficient (Wildman–Crippen LogP) is 3.54. The molecule has 8 nitrogen and oxygen atoms in total. The number of anilines is 1. The van der Waals surface area contributed by atoms with Crippen LogP contribution in [-0.2, 0) is 9.63 Å². The van der Waals surface area contributed by atoms with E-state index >= 15 is 0 Å². The molecule has 8 heteroatoms. The minimum absolute atomic E-state index is 0.0721. The van der Waals surface area contributed by atoms with Crippen molar-refractivity contribution in [1.82, 2.24) is 5.43 Å². The number of carbonyl (C=O) groups excluding carboxylic acids is 2. The van der Waals surface area contributed by atoms with Crippen molar-refractivity contribution in [3.8, 4) is 5.75 Å². The van der Waals surface area contributed by atoms with Crippen LogP contribution in [0.5, 0.6) is 5.75 Å². The number of hydrogen-bond donors (Lipinski definition) is 3. The maximum atomic E-state index is 12.1. The molecule has 162 valence electrons. The fourth-order valence-electron chi connectivity index (χ4n) is 2.63.